The Morgan fingerprint density at radius 1 is 0.306 bits per heavy atom. The van der Waals surface area contributed by atoms with Gasteiger partial charge in [0.2, 0.25) is 0 Å². The molecule has 1 aromatic heterocycles. The summed E-state index contributed by atoms with van der Waals surface area (Å²) in [5.74, 6) is 3.69. The smallest absolute Gasteiger partial charge is 0.164 e. The lowest BCUT2D eigenvalue weighted by Crippen LogP contribution is -2.25. The minimum Gasteiger partial charge on any atom is -0.455 e. The Balaban J connectivity index is 0.000000182. The molecule has 0 aliphatic carbocycles. The molecular weight excluding hydrogens is 877 g/mol. The Bertz CT molecular complexity index is 3500. The van der Waals surface area contributed by atoms with E-state index in [1.807, 2.05) is 66.7 Å². The first kappa shape index (κ1) is 45.3. The fraction of sp³-hybridized carbons (Fsp3) is 0.0597. The second kappa shape index (κ2) is 20.0. The van der Waals surface area contributed by atoms with Crippen molar-refractivity contribution in [3.05, 3.63) is 272 Å². The maximum atomic E-state index is 6.94. The van der Waals surface area contributed by atoms with Crippen LogP contribution in [-0.4, -0.2) is 22.0 Å². The van der Waals surface area contributed by atoms with Gasteiger partial charge in [0.1, 0.15) is 11.5 Å². The summed E-state index contributed by atoms with van der Waals surface area (Å²) < 4.78 is 6.94. The quantitative estimate of drug-likeness (QED) is 0.144. The second-order valence-corrected chi connectivity index (χ2v) is 18.5. The topological polar surface area (TPSA) is 51.1 Å². The first-order valence-electron chi connectivity index (χ1n) is 24.4. The predicted octanol–water partition coefficient (Wildman–Crippen LogP) is 17.4. The van der Waals surface area contributed by atoms with Crippen LogP contribution in [0.3, 0.4) is 0 Å². The highest BCUT2D eigenvalue weighted by Crippen LogP contribution is 2.54. The van der Waals surface area contributed by atoms with Crippen molar-refractivity contribution in [2.75, 3.05) is 11.9 Å². The monoisotopic (exact) mass is 928 g/mol. The Hall–Kier alpha value is -9.19. The molecule has 10 aromatic carbocycles. The normalized spacial score (nSPS) is 12.0. The van der Waals surface area contributed by atoms with Crippen LogP contribution in [0.1, 0.15) is 25.0 Å². The zero-order valence-electron chi connectivity index (χ0n) is 40.5. The van der Waals surface area contributed by atoms with E-state index in [-0.39, 0.29) is 5.41 Å². The molecule has 0 bridgehead atoms. The van der Waals surface area contributed by atoms with Gasteiger partial charge in [0.05, 0.1) is 0 Å². The lowest BCUT2D eigenvalue weighted by atomic mass is 9.74. The third-order valence-electron chi connectivity index (χ3n) is 13.5. The van der Waals surface area contributed by atoms with Gasteiger partial charge in [-0.25, -0.2) is 15.0 Å². The van der Waals surface area contributed by atoms with Gasteiger partial charge in [-0.1, -0.05) is 244 Å². The number of ether oxygens (including phenoxy) is 1. The summed E-state index contributed by atoms with van der Waals surface area (Å²) in [6.45, 7) is 4.56. The second-order valence-electron chi connectivity index (χ2n) is 18.5. The molecular formula is C67H52N4O. The minimum atomic E-state index is -0.259. The summed E-state index contributed by atoms with van der Waals surface area (Å²) >= 11 is 0. The molecule has 0 saturated carbocycles. The summed E-state index contributed by atoms with van der Waals surface area (Å²) in [6.07, 6.45) is 0. The zero-order valence-corrected chi connectivity index (χ0v) is 40.5. The number of hydrogen-bond donors (Lipinski definition) is 0. The highest BCUT2D eigenvalue weighted by molar-refractivity contribution is 5.82. The number of benzene rings is 10. The lowest BCUT2D eigenvalue weighted by molar-refractivity contribution is 0.421. The Labute approximate surface area is 422 Å². The van der Waals surface area contributed by atoms with Crippen LogP contribution in [0.4, 0.5) is 11.4 Å². The molecule has 0 amide bonds. The van der Waals surface area contributed by atoms with Gasteiger partial charge in [-0.15, -0.1) is 0 Å². The van der Waals surface area contributed by atoms with Gasteiger partial charge in [0.25, 0.3) is 0 Å². The van der Waals surface area contributed by atoms with Crippen LogP contribution in [0.15, 0.2) is 261 Å². The number of anilines is 2. The van der Waals surface area contributed by atoms with Gasteiger partial charge in [0.15, 0.2) is 17.5 Å². The van der Waals surface area contributed by atoms with E-state index in [0.717, 1.165) is 56.0 Å². The van der Waals surface area contributed by atoms with Crippen LogP contribution in [-0.2, 0) is 5.41 Å². The van der Waals surface area contributed by atoms with Crippen molar-refractivity contribution in [3.63, 3.8) is 0 Å². The molecule has 0 atom stereocenters. The average molecular weight is 929 g/mol. The molecule has 1 aliphatic heterocycles. The van der Waals surface area contributed by atoms with E-state index < -0.39 is 0 Å². The van der Waals surface area contributed by atoms with Gasteiger partial charge >= 0.3 is 0 Å². The summed E-state index contributed by atoms with van der Waals surface area (Å²) in [5.41, 5.74) is 16.5. The highest BCUT2D eigenvalue weighted by atomic mass is 16.5. The van der Waals surface area contributed by atoms with Gasteiger partial charge < -0.3 is 9.64 Å². The molecule has 5 nitrogen and oxygen atoms in total. The largest absolute Gasteiger partial charge is 0.455 e. The van der Waals surface area contributed by atoms with Crippen LogP contribution in [0, 0.1) is 0 Å². The average Bonchev–Trinajstić information content (AvgIpc) is 3.46. The van der Waals surface area contributed by atoms with E-state index >= 15 is 0 Å². The van der Waals surface area contributed by atoms with Gasteiger partial charge in [0, 0.05) is 62.8 Å². The van der Waals surface area contributed by atoms with E-state index in [1.54, 1.807) is 0 Å². The molecule has 0 fully saturated rings. The third-order valence-corrected chi connectivity index (χ3v) is 13.5. The number of rotatable bonds is 9. The summed E-state index contributed by atoms with van der Waals surface area (Å²) in [4.78, 5) is 17.0. The van der Waals surface area contributed by atoms with Crippen molar-refractivity contribution < 1.29 is 4.74 Å². The standard InChI is InChI=1S/C42H31N3O.C25H21N/c1-42(2)35-25-13-23-33(28-15-6-3-7-16-28)37(35)46-38-34(24-14-26-36(38)42)31-21-12-22-32(27-31)41-44-39(29-17-8-4-9-18-29)43-40(45-41)30-19-10-5-11-20-30;1-26(24-16-8-14-22(18-24)20-10-4-2-5-11-20)25-17-9-15-23(19-25)21-12-6-3-7-13-21/h3-27H,1-2H3;2-19H,1H3. The SMILES string of the molecule is CC1(C)c2cccc(-c3ccccc3)c2Oc2c(-c3cccc(-c4nc(-c5ccccc5)nc(-c5ccccc5)n4)c3)cccc21.CN(c1cccc(-c2ccccc2)c1)c1cccc(-c2ccccc2)c1. The first-order valence-corrected chi connectivity index (χ1v) is 24.4. The minimum absolute atomic E-state index is 0.259. The van der Waals surface area contributed by atoms with Crippen LogP contribution in [0.2, 0.25) is 0 Å². The van der Waals surface area contributed by atoms with Gasteiger partial charge in [-0.2, -0.15) is 0 Å². The first-order chi connectivity index (χ1) is 35.4. The van der Waals surface area contributed by atoms with Crippen LogP contribution >= 0.6 is 0 Å². The van der Waals surface area contributed by atoms with Crippen molar-refractivity contribution in [2.45, 2.75) is 19.3 Å². The molecule has 0 unspecified atom stereocenters. The molecule has 72 heavy (non-hydrogen) atoms. The Kier molecular flexibility index (Phi) is 12.6. The van der Waals surface area contributed by atoms with Crippen molar-refractivity contribution in [1.29, 1.82) is 0 Å². The van der Waals surface area contributed by atoms with Crippen molar-refractivity contribution in [3.8, 4) is 90.2 Å². The Morgan fingerprint density at radius 2 is 0.639 bits per heavy atom. The van der Waals surface area contributed by atoms with Crippen molar-refractivity contribution >= 4 is 11.4 Å². The predicted molar refractivity (Wildman–Crippen MR) is 297 cm³/mol. The summed E-state index contributed by atoms with van der Waals surface area (Å²) in [5, 5.41) is 0. The highest BCUT2D eigenvalue weighted by Gasteiger charge is 2.37. The molecule has 5 heteroatoms. The van der Waals surface area contributed by atoms with E-state index in [9.17, 15) is 0 Å². The van der Waals surface area contributed by atoms with Crippen LogP contribution in [0.25, 0.3) is 78.7 Å². The maximum Gasteiger partial charge on any atom is 0.164 e. The molecule has 12 rings (SSSR count). The molecule has 346 valence electrons. The molecule has 2 heterocycles. The maximum absolute atomic E-state index is 6.94. The van der Waals surface area contributed by atoms with E-state index in [2.05, 4.69) is 220 Å². The van der Waals surface area contributed by atoms with Gasteiger partial charge in [-0.3, -0.25) is 0 Å². The molecule has 0 N–H and O–H groups in total. The number of aromatic nitrogens is 3. The van der Waals surface area contributed by atoms with E-state index in [0.29, 0.717) is 17.5 Å². The fourth-order valence-electron chi connectivity index (χ4n) is 9.56. The third kappa shape index (κ3) is 9.32. The molecule has 11 aromatic rings. The van der Waals surface area contributed by atoms with Gasteiger partial charge in [-0.05, 0) is 63.7 Å². The number of fused-ring (bicyclic) bond motifs is 2. The van der Waals surface area contributed by atoms with Crippen molar-refractivity contribution in [1.82, 2.24) is 15.0 Å². The summed E-state index contributed by atoms with van der Waals surface area (Å²) in [6, 6.07) is 90.3. The van der Waals surface area contributed by atoms with Crippen LogP contribution in [0.5, 0.6) is 11.5 Å². The fourth-order valence-corrected chi connectivity index (χ4v) is 9.56. The number of para-hydroxylation sites is 2. The number of hydrogen-bond acceptors (Lipinski definition) is 5. The van der Waals surface area contributed by atoms with E-state index in [4.69, 9.17) is 19.7 Å². The lowest BCUT2D eigenvalue weighted by Gasteiger charge is -2.36. The van der Waals surface area contributed by atoms with E-state index in [1.165, 1.54) is 39.2 Å². The molecule has 0 spiro atoms. The number of nitrogens with zero attached hydrogens (tertiary/aromatic N) is 4. The summed E-state index contributed by atoms with van der Waals surface area (Å²) in [7, 11) is 2.12. The molecule has 1 aliphatic rings. The zero-order chi connectivity index (χ0) is 48.9. The van der Waals surface area contributed by atoms with Crippen LogP contribution < -0.4 is 9.64 Å². The van der Waals surface area contributed by atoms with Crippen molar-refractivity contribution in [2.24, 2.45) is 0 Å². The Morgan fingerprint density at radius 3 is 1.10 bits per heavy atom. The molecule has 0 saturated heterocycles. The molecule has 0 radical (unpaired) electrons.